The molecule has 0 unspecified atom stereocenters. The lowest BCUT2D eigenvalue weighted by atomic mass is 10.0. The number of rotatable bonds is 4. The van der Waals surface area contributed by atoms with Gasteiger partial charge in [-0.05, 0) is 25.3 Å². The Morgan fingerprint density at radius 3 is 1.32 bits per heavy atom. The fourth-order valence-corrected chi connectivity index (χ4v) is 0.855. The third kappa shape index (κ3) is 38.3. The van der Waals surface area contributed by atoms with Crippen LogP contribution in [-0.4, -0.2) is 0 Å². The quantitative estimate of drug-likeness (QED) is 0.361. The van der Waals surface area contributed by atoms with Crippen molar-refractivity contribution in [3.63, 3.8) is 0 Å². The second-order valence-electron chi connectivity index (χ2n) is 2.65. The topological polar surface area (TPSA) is 0 Å². The maximum Gasteiger partial charge on any atom is -0.0305 e. The highest BCUT2D eigenvalue weighted by Crippen LogP contribution is 2.14. The van der Waals surface area contributed by atoms with Crippen molar-refractivity contribution in [1.82, 2.24) is 0 Å². The van der Waals surface area contributed by atoms with Crippen molar-refractivity contribution >= 4 is 0 Å². The zero-order chi connectivity index (χ0) is 16.7. The highest BCUT2D eigenvalue weighted by atomic mass is 14.0. The highest BCUT2D eigenvalue weighted by molar-refractivity contribution is 5.30. The maximum atomic E-state index is 3.95. The average Bonchev–Trinajstić information content (AvgIpc) is 2.51. The summed E-state index contributed by atoms with van der Waals surface area (Å²) < 4.78 is 0. The lowest BCUT2D eigenvalue weighted by Crippen LogP contribution is -1.83. The molecule has 116 valence electrons. The van der Waals surface area contributed by atoms with Crippen molar-refractivity contribution in [3.05, 3.63) is 49.1 Å². The Morgan fingerprint density at radius 2 is 1.16 bits per heavy atom. The van der Waals surface area contributed by atoms with Gasteiger partial charge in [-0.3, -0.25) is 0 Å². The van der Waals surface area contributed by atoms with E-state index in [1.807, 2.05) is 60.6 Å². The Hall–Kier alpha value is -1.04. The fraction of sp³-hybridized carbons (Fsp3) is 0.579. The predicted octanol–water partition coefficient (Wildman–Crippen LogP) is 7.75. The second-order valence-corrected chi connectivity index (χ2v) is 2.65. The summed E-state index contributed by atoms with van der Waals surface area (Å²) in [5, 5.41) is 0. The lowest BCUT2D eigenvalue weighted by Gasteiger charge is -2.03. The third-order valence-electron chi connectivity index (χ3n) is 1.58. The van der Waals surface area contributed by atoms with Crippen molar-refractivity contribution in [2.75, 3.05) is 0 Å². The Bertz CT molecular complexity index is 182. The molecule has 0 rings (SSSR count). The smallest absolute Gasteiger partial charge is 0.0305 e. The van der Waals surface area contributed by atoms with E-state index >= 15 is 0 Å². The Labute approximate surface area is 125 Å². The molecule has 0 aromatic rings. The van der Waals surface area contributed by atoms with Gasteiger partial charge in [0.05, 0.1) is 0 Å². The number of hydrogen-bond donors (Lipinski definition) is 0. The molecule has 0 aliphatic rings. The van der Waals surface area contributed by atoms with Crippen LogP contribution in [0.15, 0.2) is 49.1 Å². The zero-order valence-corrected chi connectivity index (χ0v) is 15.3. The minimum Gasteiger partial charge on any atom is -0.103 e. The monoisotopic (exact) mass is 268 g/mol. The molecule has 0 aromatic carbocycles. The van der Waals surface area contributed by atoms with Crippen molar-refractivity contribution in [1.29, 1.82) is 0 Å². The molecule has 0 heteroatoms. The Balaban J connectivity index is -0.0000000607. The minimum absolute atomic E-state index is 1.04. The molecule has 0 N–H and O–H groups in total. The molecular formula is C19H40. The van der Waals surface area contributed by atoms with Gasteiger partial charge in [-0.15, -0.1) is 6.58 Å². The molecule has 0 amide bonds. The summed E-state index contributed by atoms with van der Waals surface area (Å²) in [7, 11) is 0. The molecule has 0 aliphatic carbocycles. The molecule has 0 spiro atoms. The van der Waals surface area contributed by atoms with Crippen LogP contribution in [0.1, 0.15) is 75.2 Å². The summed E-state index contributed by atoms with van der Waals surface area (Å²) >= 11 is 0. The summed E-state index contributed by atoms with van der Waals surface area (Å²) in [6, 6.07) is 0. The van der Waals surface area contributed by atoms with E-state index in [0.717, 1.165) is 12.8 Å². The van der Waals surface area contributed by atoms with Gasteiger partial charge in [0.15, 0.2) is 0 Å². The maximum absolute atomic E-state index is 3.95. The van der Waals surface area contributed by atoms with Crippen LogP contribution in [0.5, 0.6) is 0 Å². The van der Waals surface area contributed by atoms with Crippen LogP contribution in [-0.2, 0) is 0 Å². The molecule has 0 aromatic heterocycles. The molecular weight excluding hydrogens is 228 g/mol. The van der Waals surface area contributed by atoms with E-state index in [1.54, 1.807) is 6.08 Å². The molecule has 0 aliphatic heterocycles. The molecule has 0 atom stereocenters. The van der Waals surface area contributed by atoms with E-state index in [1.165, 1.54) is 11.1 Å². The Kier molecular flexibility index (Phi) is 70.5. The van der Waals surface area contributed by atoms with Gasteiger partial charge in [0, 0.05) is 0 Å². The SMILES string of the molecule is C=C/C=C(/CC)C(=C)CC.C=CC.CC.CC.CC. The number of hydrogen-bond acceptors (Lipinski definition) is 0. The standard InChI is InChI=1S/C10H16.C3H6.3C2H6/c1-5-8-10(7-3)9(4)6-2;1-3-2;3*1-2/h5,8H,1,4,6-7H2,2-3H3;3H,1H2,2H3;3*1-2H3/b10-8-;;;;. The molecule has 0 fully saturated rings. The van der Waals surface area contributed by atoms with E-state index in [9.17, 15) is 0 Å². The van der Waals surface area contributed by atoms with Crippen LogP contribution in [0, 0.1) is 0 Å². The largest absolute Gasteiger partial charge is 0.103 e. The van der Waals surface area contributed by atoms with E-state index < -0.39 is 0 Å². The van der Waals surface area contributed by atoms with Crippen molar-refractivity contribution in [3.8, 4) is 0 Å². The molecule has 0 nitrogen and oxygen atoms in total. The van der Waals surface area contributed by atoms with E-state index in [-0.39, 0.29) is 0 Å². The average molecular weight is 269 g/mol. The van der Waals surface area contributed by atoms with Gasteiger partial charge in [0.1, 0.15) is 0 Å². The predicted molar refractivity (Wildman–Crippen MR) is 97.9 cm³/mol. The van der Waals surface area contributed by atoms with Crippen LogP contribution in [0.3, 0.4) is 0 Å². The van der Waals surface area contributed by atoms with Crippen LogP contribution in [0.25, 0.3) is 0 Å². The van der Waals surface area contributed by atoms with E-state index in [4.69, 9.17) is 0 Å². The summed E-state index contributed by atoms with van der Waals surface area (Å²) in [5.74, 6) is 0. The molecule has 0 radical (unpaired) electrons. The van der Waals surface area contributed by atoms with Crippen molar-refractivity contribution in [2.45, 2.75) is 75.2 Å². The van der Waals surface area contributed by atoms with E-state index in [0.29, 0.717) is 0 Å². The normalized spacial score (nSPS) is 7.53. The van der Waals surface area contributed by atoms with Crippen LogP contribution < -0.4 is 0 Å². The van der Waals surface area contributed by atoms with Gasteiger partial charge in [-0.1, -0.05) is 92.3 Å². The minimum atomic E-state index is 1.04. The van der Waals surface area contributed by atoms with E-state index in [2.05, 4.69) is 33.6 Å². The molecule has 0 heterocycles. The summed E-state index contributed by atoms with van der Waals surface area (Å²) in [4.78, 5) is 0. The van der Waals surface area contributed by atoms with Crippen molar-refractivity contribution in [2.24, 2.45) is 0 Å². The lowest BCUT2D eigenvalue weighted by molar-refractivity contribution is 1.03. The van der Waals surface area contributed by atoms with Crippen molar-refractivity contribution < 1.29 is 0 Å². The third-order valence-corrected chi connectivity index (χ3v) is 1.58. The van der Waals surface area contributed by atoms with Gasteiger partial charge in [-0.25, -0.2) is 0 Å². The first-order chi connectivity index (χ1) is 9.17. The van der Waals surface area contributed by atoms with Gasteiger partial charge in [0.25, 0.3) is 0 Å². The summed E-state index contributed by atoms with van der Waals surface area (Å²) in [6.45, 7) is 29.1. The first-order valence-corrected chi connectivity index (χ1v) is 7.74. The number of allylic oxidation sites excluding steroid dienone is 5. The van der Waals surface area contributed by atoms with Crippen LogP contribution in [0.4, 0.5) is 0 Å². The highest BCUT2D eigenvalue weighted by Gasteiger charge is 1.94. The Morgan fingerprint density at radius 1 is 0.842 bits per heavy atom. The second kappa shape index (κ2) is 43.5. The first-order valence-electron chi connectivity index (χ1n) is 7.74. The zero-order valence-electron chi connectivity index (χ0n) is 15.3. The van der Waals surface area contributed by atoms with Gasteiger partial charge < -0.3 is 0 Å². The molecule has 19 heavy (non-hydrogen) atoms. The van der Waals surface area contributed by atoms with Crippen LogP contribution in [0.2, 0.25) is 0 Å². The van der Waals surface area contributed by atoms with Gasteiger partial charge >= 0.3 is 0 Å². The summed E-state index contributed by atoms with van der Waals surface area (Å²) in [5.41, 5.74) is 2.54. The van der Waals surface area contributed by atoms with Gasteiger partial charge in [-0.2, -0.15) is 0 Å². The van der Waals surface area contributed by atoms with Crippen LogP contribution >= 0.6 is 0 Å². The molecule has 0 saturated carbocycles. The molecule has 0 bridgehead atoms. The van der Waals surface area contributed by atoms with Gasteiger partial charge in [0.2, 0.25) is 0 Å². The fourth-order valence-electron chi connectivity index (χ4n) is 0.855. The first kappa shape index (κ1) is 30.8. The summed E-state index contributed by atoms with van der Waals surface area (Å²) in [6.07, 6.45) is 7.69. The molecule has 0 saturated heterocycles.